The molecule has 2 aromatic rings. The summed E-state index contributed by atoms with van der Waals surface area (Å²) in [5.41, 5.74) is 5.82. The van der Waals surface area contributed by atoms with Crippen LogP contribution in [0.5, 0.6) is 11.5 Å². The van der Waals surface area contributed by atoms with E-state index in [1.807, 2.05) is 30.3 Å². The highest BCUT2D eigenvalue weighted by Crippen LogP contribution is 2.24. The van der Waals surface area contributed by atoms with Gasteiger partial charge in [-0.2, -0.15) is 0 Å². The lowest BCUT2D eigenvalue weighted by atomic mass is 10.2. The number of hydrogen-bond donors (Lipinski definition) is 2. The van der Waals surface area contributed by atoms with Crippen molar-refractivity contribution in [1.29, 1.82) is 0 Å². The molecule has 2 N–H and O–H groups in total. The first-order chi connectivity index (χ1) is 11.6. The van der Waals surface area contributed by atoms with Gasteiger partial charge in [-0.05, 0) is 23.8 Å². The van der Waals surface area contributed by atoms with Crippen molar-refractivity contribution in [1.82, 2.24) is 10.9 Å². The van der Waals surface area contributed by atoms with Crippen molar-refractivity contribution in [3.63, 3.8) is 0 Å². The minimum absolute atomic E-state index is 0.283. The topological polar surface area (TPSA) is 76.7 Å². The number of benzene rings is 2. The average molecular weight is 326 g/mol. The molecule has 0 aliphatic heterocycles. The number of hydrazine groups is 1. The molecule has 6 nitrogen and oxygen atoms in total. The first-order valence-corrected chi connectivity index (χ1v) is 7.19. The van der Waals surface area contributed by atoms with Gasteiger partial charge < -0.3 is 9.47 Å². The van der Waals surface area contributed by atoms with Gasteiger partial charge in [0.1, 0.15) is 11.5 Å². The van der Waals surface area contributed by atoms with E-state index in [0.717, 1.165) is 5.56 Å². The number of amides is 2. The smallest absolute Gasteiger partial charge is 0.273 e. The molecule has 0 aliphatic carbocycles. The van der Waals surface area contributed by atoms with Crippen LogP contribution in [-0.4, -0.2) is 26.0 Å². The number of hydrogen-bond acceptors (Lipinski definition) is 4. The van der Waals surface area contributed by atoms with Crippen LogP contribution >= 0.6 is 0 Å². The minimum Gasteiger partial charge on any atom is -0.497 e. The van der Waals surface area contributed by atoms with Crippen LogP contribution in [0, 0.1) is 0 Å². The van der Waals surface area contributed by atoms with E-state index in [9.17, 15) is 9.59 Å². The largest absolute Gasteiger partial charge is 0.497 e. The van der Waals surface area contributed by atoms with Gasteiger partial charge in [-0.3, -0.25) is 20.4 Å². The van der Waals surface area contributed by atoms with E-state index in [-0.39, 0.29) is 5.56 Å². The molecule has 0 aromatic heterocycles. The highest BCUT2D eigenvalue weighted by atomic mass is 16.5. The van der Waals surface area contributed by atoms with Crippen LogP contribution < -0.4 is 20.3 Å². The molecule has 2 aromatic carbocycles. The Balaban J connectivity index is 1.95. The van der Waals surface area contributed by atoms with Gasteiger partial charge >= 0.3 is 0 Å². The number of methoxy groups -OCH3 is 2. The predicted octanol–water partition coefficient (Wildman–Crippen LogP) is 2.18. The van der Waals surface area contributed by atoms with Crippen LogP contribution in [0.25, 0.3) is 6.08 Å². The summed E-state index contributed by atoms with van der Waals surface area (Å²) in [5.74, 6) is -0.0187. The maximum Gasteiger partial charge on any atom is 0.273 e. The monoisotopic (exact) mass is 326 g/mol. The van der Waals surface area contributed by atoms with E-state index in [1.165, 1.54) is 20.3 Å². The molecule has 0 saturated carbocycles. The van der Waals surface area contributed by atoms with Crippen LogP contribution in [0.3, 0.4) is 0 Å². The number of ether oxygens (including phenoxy) is 2. The molecule has 0 heterocycles. The molecule has 0 aliphatic rings. The summed E-state index contributed by atoms with van der Waals surface area (Å²) in [6.07, 6.45) is 2.98. The van der Waals surface area contributed by atoms with Crippen molar-refractivity contribution >= 4 is 17.9 Å². The van der Waals surface area contributed by atoms with E-state index in [4.69, 9.17) is 9.47 Å². The fourth-order valence-electron chi connectivity index (χ4n) is 1.95. The van der Waals surface area contributed by atoms with Crippen molar-refractivity contribution in [2.24, 2.45) is 0 Å². The van der Waals surface area contributed by atoms with Crippen molar-refractivity contribution < 1.29 is 19.1 Å². The van der Waals surface area contributed by atoms with Crippen LogP contribution in [-0.2, 0) is 4.79 Å². The first-order valence-electron chi connectivity index (χ1n) is 7.19. The third-order valence-electron chi connectivity index (χ3n) is 3.18. The fourth-order valence-corrected chi connectivity index (χ4v) is 1.95. The Bertz CT molecular complexity index is 742. The van der Waals surface area contributed by atoms with Gasteiger partial charge in [0.2, 0.25) is 0 Å². The van der Waals surface area contributed by atoms with Crippen LogP contribution in [0.15, 0.2) is 54.6 Å². The molecule has 124 valence electrons. The molecule has 0 radical (unpaired) electrons. The Kier molecular flexibility index (Phi) is 5.96. The van der Waals surface area contributed by atoms with E-state index < -0.39 is 11.8 Å². The molecule has 6 heteroatoms. The third kappa shape index (κ3) is 4.61. The number of carbonyl (C=O) groups excluding carboxylic acids is 2. The zero-order valence-electron chi connectivity index (χ0n) is 13.4. The predicted molar refractivity (Wildman–Crippen MR) is 90.6 cm³/mol. The summed E-state index contributed by atoms with van der Waals surface area (Å²) in [5, 5.41) is 0. The van der Waals surface area contributed by atoms with Gasteiger partial charge in [-0.25, -0.2) is 0 Å². The van der Waals surface area contributed by atoms with E-state index >= 15 is 0 Å². The second-order valence-electron chi connectivity index (χ2n) is 4.75. The second kappa shape index (κ2) is 8.38. The van der Waals surface area contributed by atoms with Crippen LogP contribution in [0.4, 0.5) is 0 Å². The Hall–Kier alpha value is -3.28. The Morgan fingerprint density at radius 1 is 0.958 bits per heavy atom. The Labute approximate surface area is 140 Å². The summed E-state index contributed by atoms with van der Waals surface area (Å²) in [7, 11) is 2.97. The molecule has 0 spiro atoms. The lowest BCUT2D eigenvalue weighted by Crippen LogP contribution is -2.40. The van der Waals surface area contributed by atoms with Gasteiger partial charge in [0.25, 0.3) is 11.8 Å². The lowest BCUT2D eigenvalue weighted by molar-refractivity contribution is -0.117. The SMILES string of the molecule is COc1ccc(C(=O)NNC(=O)C=Cc2ccccc2)c(OC)c1. The van der Waals surface area contributed by atoms with E-state index in [2.05, 4.69) is 10.9 Å². The lowest BCUT2D eigenvalue weighted by Gasteiger charge is -2.10. The van der Waals surface area contributed by atoms with Gasteiger partial charge in [0.15, 0.2) is 0 Å². The van der Waals surface area contributed by atoms with Gasteiger partial charge in [0.05, 0.1) is 19.8 Å². The number of nitrogens with one attached hydrogen (secondary N) is 2. The summed E-state index contributed by atoms with van der Waals surface area (Å²) >= 11 is 0. The maximum absolute atomic E-state index is 12.1. The molecule has 24 heavy (non-hydrogen) atoms. The highest BCUT2D eigenvalue weighted by molar-refractivity contribution is 5.99. The zero-order valence-corrected chi connectivity index (χ0v) is 13.4. The van der Waals surface area contributed by atoms with Gasteiger partial charge in [-0.1, -0.05) is 30.3 Å². The van der Waals surface area contributed by atoms with E-state index in [0.29, 0.717) is 11.5 Å². The summed E-state index contributed by atoms with van der Waals surface area (Å²) in [4.78, 5) is 23.9. The van der Waals surface area contributed by atoms with Gasteiger partial charge in [-0.15, -0.1) is 0 Å². The average Bonchev–Trinajstić information content (AvgIpc) is 2.64. The molecule has 2 amide bonds. The standard InChI is InChI=1S/C18H18N2O4/c1-23-14-9-10-15(16(12-14)24-2)18(22)20-19-17(21)11-8-13-6-4-3-5-7-13/h3-12H,1-2H3,(H,19,21)(H,20,22). The normalized spacial score (nSPS) is 10.2. The number of rotatable bonds is 5. The van der Waals surface area contributed by atoms with Crippen LogP contribution in [0.1, 0.15) is 15.9 Å². The van der Waals surface area contributed by atoms with Crippen molar-refractivity contribution in [2.45, 2.75) is 0 Å². The zero-order chi connectivity index (χ0) is 17.4. The fraction of sp³-hybridized carbons (Fsp3) is 0.111. The molecular formula is C18H18N2O4. The van der Waals surface area contributed by atoms with Crippen molar-refractivity contribution in [3.8, 4) is 11.5 Å². The number of carbonyl (C=O) groups is 2. The molecule has 2 rings (SSSR count). The molecule has 0 unspecified atom stereocenters. The van der Waals surface area contributed by atoms with Gasteiger partial charge in [0, 0.05) is 12.1 Å². The molecule has 0 atom stereocenters. The van der Waals surface area contributed by atoms with Crippen LogP contribution in [0.2, 0.25) is 0 Å². The Morgan fingerprint density at radius 3 is 2.38 bits per heavy atom. The summed E-state index contributed by atoms with van der Waals surface area (Å²) < 4.78 is 10.2. The molecule has 0 fully saturated rings. The molecular weight excluding hydrogens is 308 g/mol. The summed E-state index contributed by atoms with van der Waals surface area (Å²) in [6.45, 7) is 0. The van der Waals surface area contributed by atoms with E-state index in [1.54, 1.807) is 24.3 Å². The minimum atomic E-state index is -0.490. The second-order valence-corrected chi connectivity index (χ2v) is 4.75. The highest BCUT2D eigenvalue weighted by Gasteiger charge is 2.13. The maximum atomic E-state index is 12.1. The molecule has 0 bridgehead atoms. The third-order valence-corrected chi connectivity index (χ3v) is 3.18. The van der Waals surface area contributed by atoms with Crippen molar-refractivity contribution in [2.75, 3.05) is 14.2 Å². The molecule has 0 saturated heterocycles. The first kappa shape index (κ1) is 17.1. The Morgan fingerprint density at radius 2 is 1.71 bits per heavy atom. The summed E-state index contributed by atoms with van der Waals surface area (Å²) in [6, 6.07) is 14.1. The quantitative estimate of drug-likeness (QED) is 0.652. The van der Waals surface area contributed by atoms with Crippen molar-refractivity contribution in [3.05, 3.63) is 65.7 Å².